The Bertz CT molecular complexity index is 222. The van der Waals surface area contributed by atoms with Crippen molar-refractivity contribution in [2.24, 2.45) is 5.92 Å². The average Bonchev–Trinajstić information content (AvgIpc) is 2.39. The van der Waals surface area contributed by atoms with Gasteiger partial charge in [0, 0.05) is 19.4 Å². The van der Waals surface area contributed by atoms with Crippen molar-refractivity contribution in [3.63, 3.8) is 0 Å². The summed E-state index contributed by atoms with van der Waals surface area (Å²) >= 11 is 0. The van der Waals surface area contributed by atoms with Gasteiger partial charge in [0.15, 0.2) is 0 Å². The Morgan fingerprint density at radius 3 is 1.68 bits per heavy atom. The molecule has 1 nitrogen and oxygen atoms in total. The first-order valence-electron chi connectivity index (χ1n) is 8.34. The van der Waals surface area contributed by atoms with E-state index in [-0.39, 0.29) is 0 Å². The molecule has 0 aromatic rings. The van der Waals surface area contributed by atoms with Crippen molar-refractivity contribution < 1.29 is 5.11 Å². The predicted octanol–water partition coefficient (Wildman–Crippen LogP) is 5.32. The van der Waals surface area contributed by atoms with Crippen molar-refractivity contribution in [2.45, 2.75) is 90.9 Å². The molecule has 0 radical (unpaired) electrons. The van der Waals surface area contributed by atoms with Crippen molar-refractivity contribution in [2.75, 3.05) is 6.61 Å². The lowest BCUT2D eigenvalue weighted by molar-refractivity contribution is 0.282. The van der Waals surface area contributed by atoms with E-state index in [0.717, 1.165) is 25.2 Å². The molecule has 0 aliphatic heterocycles. The van der Waals surface area contributed by atoms with Crippen LogP contribution in [0.5, 0.6) is 0 Å². The monoisotopic (exact) mass is 266 g/mol. The van der Waals surface area contributed by atoms with Crippen LogP contribution in [0.3, 0.4) is 0 Å². The molecule has 1 heteroatoms. The van der Waals surface area contributed by atoms with E-state index in [0.29, 0.717) is 6.61 Å². The maximum atomic E-state index is 8.65. The van der Waals surface area contributed by atoms with Gasteiger partial charge in [-0.05, 0) is 25.2 Å². The highest BCUT2D eigenvalue weighted by molar-refractivity contribution is 4.98. The van der Waals surface area contributed by atoms with Crippen LogP contribution in [-0.4, -0.2) is 11.7 Å². The fourth-order valence-electron chi connectivity index (χ4n) is 2.15. The van der Waals surface area contributed by atoms with Crippen molar-refractivity contribution in [1.29, 1.82) is 0 Å². The molecule has 0 unspecified atom stereocenters. The first kappa shape index (κ1) is 18.5. The minimum atomic E-state index is 0.350. The average molecular weight is 266 g/mol. The Labute approximate surface area is 121 Å². The molecule has 0 saturated carbocycles. The second kappa shape index (κ2) is 15.6. The van der Waals surface area contributed by atoms with Crippen LogP contribution in [0.2, 0.25) is 0 Å². The number of rotatable bonds is 12. The molecule has 0 amide bonds. The van der Waals surface area contributed by atoms with Crippen LogP contribution in [0.15, 0.2) is 0 Å². The van der Waals surface area contributed by atoms with Gasteiger partial charge in [0.1, 0.15) is 0 Å². The van der Waals surface area contributed by atoms with E-state index in [9.17, 15) is 0 Å². The van der Waals surface area contributed by atoms with Gasteiger partial charge in [0.05, 0.1) is 0 Å². The van der Waals surface area contributed by atoms with Crippen molar-refractivity contribution in [3.8, 4) is 11.8 Å². The summed E-state index contributed by atoms with van der Waals surface area (Å²) in [7, 11) is 0. The normalized spacial score (nSPS) is 10.5. The molecule has 0 heterocycles. The molecule has 19 heavy (non-hydrogen) atoms. The number of hydrogen-bond donors (Lipinski definition) is 1. The van der Waals surface area contributed by atoms with Crippen LogP contribution in [0.1, 0.15) is 90.9 Å². The summed E-state index contributed by atoms with van der Waals surface area (Å²) in [5.74, 6) is 7.45. The van der Waals surface area contributed by atoms with Gasteiger partial charge in [-0.3, -0.25) is 0 Å². The van der Waals surface area contributed by atoms with E-state index in [4.69, 9.17) is 5.11 Å². The molecule has 112 valence electrons. The lowest BCUT2D eigenvalue weighted by Crippen LogP contribution is -1.86. The second-order valence-corrected chi connectivity index (χ2v) is 5.94. The second-order valence-electron chi connectivity index (χ2n) is 5.94. The molecule has 0 spiro atoms. The summed E-state index contributed by atoms with van der Waals surface area (Å²) in [5, 5.41) is 8.65. The lowest BCUT2D eigenvalue weighted by Gasteiger charge is -2.01. The minimum Gasteiger partial charge on any atom is -0.396 e. The summed E-state index contributed by atoms with van der Waals surface area (Å²) in [4.78, 5) is 0. The molecular formula is C18H34O. The first-order valence-corrected chi connectivity index (χ1v) is 8.34. The Morgan fingerprint density at radius 1 is 0.684 bits per heavy atom. The third kappa shape index (κ3) is 17.5. The largest absolute Gasteiger partial charge is 0.396 e. The van der Waals surface area contributed by atoms with E-state index >= 15 is 0 Å². The van der Waals surface area contributed by atoms with Gasteiger partial charge in [0.25, 0.3) is 0 Å². The van der Waals surface area contributed by atoms with Crippen LogP contribution < -0.4 is 0 Å². The lowest BCUT2D eigenvalue weighted by atomic mass is 10.0. The Kier molecular flexibility index (Phi) is 15.2. The fraction of sp³-hybridized carbons (Fsp3) is 0.889. The standard InChI is InChI=1S/C18H34O/c1-18(2)16-14-12-10-8-6-4-3-5-7-9-11-13-15-17-19/h18-19H,3,5,7-17H2,1-2H3. The highest BCUT2D eigenvalue weighted by Crippen LogP contribution is 2.09. The highest BCUT2D eigenvalue weighted by Gasteiger charge is 1.93. The Morgan fingerprint density at radius 2 is 1.16 bits per heavy atom. The maximum Gasteiger partial charge on any atom is 0.0431 e. The molecule has 0 fully saturated rings. The molecule has 0 bridgehead atoms. The number of aliphatic hydroxyl groups excluding tert-OH is 1. The fourth-order valence-corrected chi connectivity index (χ4v) is 2.15. The van der Waals surface area contributed by atoms with E-state index in [2.05, 4.69) is 25.7 Å². The van der Waals surface area contributed by atoms with Gasteiger partial charge >= 0.3 is 0 Å². The molecule has 1 N–H and O–H groups in total. The van der Waals surface area contributed by atoms with Crippen LogP contribution in [0.4, 0.5) is 0 Å². The van der Waals surface area contributed by atoms with Gasteiger partial charge in [-0.15, -0.1) is 11.8 Å². The molecule has 0 aliphatic rings. The minimum absolute atomic E-state index is 0.350. The summed E-state index contributed by atoms with van der Waals surface area (Å²) < 4.78 is 0. The highest BCUT2D eigenvalue weighted by atomic mass is 16.2. The van der Waals surface area contributed by atoms with Crippen molar-refractivity contribution >= 4 is 0 Å². The van der Waals surface area contributed by atoms with E-state index in [1.807, 2.05) is 0 Å². The van der Waals surface area contributed by atoms with Crippen LogP contribution in [0.25, 0.3) is 0 Å². The molecule has 0 aromatic carbocycles. The summed E-state index contributed by atoms with van der Waals surface area (Å²) in [6.07, 6.45) is 14.8. The van der Waals surface area contributed by atoms with E-state index in [1.165, 1.54) is 57.8 Å². The van der Waals surface area contributed by atoms with Gasteiger partial charge in [-0.2, -0.15) is 0 Å². The van der Waals surface area contributed by atoms with Crippen LogP contribution in [0, 0.1) is 17.8 Å². The van der Waals surface area contributed by atoms with Crippen LogP contribution >= 0.6 is 0 Å². The van der Waals surface area contributed by atoms with Gasteiger partial charge < -0.3 is 5.11 Å². The predicted molar refractivity (Wildman–Crippen MR) is 85.1 cm³/mol. The number of unbranched alkanes of at least 4 members (excludes halogenated alkanes) is 9. The van der Waals surface area contributed by atoms with E-state index in [1.54, 1.807) is 0 Å². The molecule has 0 atom stereocenters. The van der Waals surface area contributed by atoms with Gasteiger partial charge in [-0.25, -0.2) is 0 Å². The summed E-state index contributed by atoms with van der Waals surface area (Å²) in [5.41, 5.74) is 0. The molecule has 0 aliphatic carbocycles. The molecule has 0 saturated heterocycles. The number of hydrogen-bond acceptors (Lipinski definition) is 1. The third-order valence-corrected chi connectivity index (χ3v) is 3.42. The SMILES string of the molecule is CC(C)CCCCCC#CCCCCCCCCO. The quantitative estimate of drug-likeness (QED) is 0.374. The zero-order chi connectivity index (χ0) is 14.2. The first-order chi connectivity index (χ1) is 9.27. The Balaban J connectivity index is 3.10. The Hall–Kier alpha value is -0.480. The van der Waals surface area contributed by atoms with Crippen molar-refractivity contribution in [3.05, 3.63) is 0 Å². The maximum absolute atomic E-state index is 8.65. The smallest absolute Gasteiger partial charge is 0.0431 e. The van der Waals surface area contributed by atoms with Crippen molar-refractivity contribution in [1.82, 2.24) is 0 Å². The topological polar surface area (TPSA) is 20.2 Å². The zero-order valence-corrected chi connectivity index (χ0v) is 13.2. The number of aliphatic hydroxyl groups is 1. The van der Waals surface area contributed by atoms with Crippen LogP contribution in [-0.2, 0) is 0 Å². The summed E-state index contributed by atoms with van der Waals surface area (Å²) in [6.45, 7) is 4.94. The van der Waals surface area contributed by atoms with Gasteiger partial charge in [-0.1, -0.05) is 58.8 Å². The van der Waals surface area contributed by atoms with E-state index < -0.39 is 0 Å². The summed E-state index contributed by atoms with van der Waals surface area (Å²) in [6, 6.07) is 0. The molecular weight excluding hydrogens is 232 g/mol. The zero-order valence-electron chi connectivity index (χ0n) is 13.2. The molecule has 0 rings (SSSR count). The van der Waals surface area contributed by atoms with Gasteiger partial charge in [0.2, 0.25) is 0 Å². The molecule has 0 aromatic heterocycles. The third-order valence-electron chi connectivity index (χ3n) is 3.42.